The molecule has 35 heavy (non-hydrogen) atoms. The summed E-state index contributed by atoms with van der Waals surface area (Å²) in [5.41, 5.74) is 1.31. The zero-order valence-electron chi connectivity index (χ0n) is 19.2. The van der Waals surface area contributed by atoms with Crippen molar-refractivity contribution in [2.45, 2.75) is 51.0 Å². The number of nitrogens with zero attached hydrogens (tertiary/aromatic N) is 2. The molecule has 2 aromatic carbocycles. The highest BCUT2D eigenvalue weighted by molar-refractivity contribution is 9.10. The average Bonchev–Trinajstić information content (AvgIpc) is 2.78. The van der Waals surface area contributed by atoms with E-state index in [-0.39, 0.29) is 41.9 Å². The van der Waals surface area contributed by atoms with Gasteiger partial charge in [0.1, 0.15) is 11.9 Å². The van der Waals surface area contributed by atoms with E-state index in [4.69, 9.17) is 0 Å². The first-order valence-corrected chi connectivity index (χ1v) is 12.6. The minimum Gasteiger partial charge on any atom is -0.325 e. The minimum absolute atomic E-state index is 0.147. The van der Waals surface area contributed by atoms with E-state index in [1.807, 2.05) is 24.3 Å². The molecular weight excluding hydrogens is 512 g/mol. The number of piperidine rings is 1. The molecule has 3 amide bonds. The maximum atomic E-state index is 13.7. The summed E-state index contributed by atoms with van der Waals surface area (Å²) >= 11 is 3.59. The molecule has 8 nitrogen and oxygen atoms in total. The molecule has 1 aromatic heterocycles. The Labute approximate surface area is 210 Å². The van der Waals surface area contributed by atoms with Gasteiger partial charge in [0.2, 0.25) is 17.7 Å². The van der Waals surface area contributed by atoms with Crippen LogP contribution in [0.1, 0.15) is 55.5 Å². The molecule has 9 heteroatoms. The number of benzene rings is 2. The molecule has 0 spiro atoms. The standard InChI is InChI=1S/C26H25BrN4O4/c1-14-28-18-10-5-11-19(23(18)26(35)31(14)20-12-13-21(32)30-24(20)33)29-25(34)22(15-6-4-7-15)16-8-2-3-9-17(16)27/h2-3,5,8-11,15,20,22H,4,6-7,12-13H2,1H3,(H,29,34)(H,30,32,33). The smallest absolute Gasteiger partial charge is 0.264 e. The number of imide groups is 1. The topological polar surface area (TPSA) is 110 Å². The Hall–Kier alpha value is -3.33. The fourth-order valence-electron chi connectivity index (χ4n) is 5.07. The Morgan fingerprint density at radius 1 is 1.11 bits per heavy atom. The summed E-state index contributed by atoms with van der Waals surface area (Å²) < 4.78 is 2.21. The predicted octanol–water partition coefficient (Wildman–Crippen LogP) is 3.97. The van der Waals surface area contributed by atoms with Gasteiger partial charge in [-0.15, -0.1) is 0 Å². The van der Waals surface area contributed by atoms with Crippen LogP contribution in [0.15, 0.2) is 51.7 Å². The molecule has 180 valence electrons. The number of fused-ring (bicyclic) bond motifs is 1. The second kappa shape index (κ2) is 9.37. The molecular formula is C26H25BrN4O4. The van der Waals surface area contributed by atoms with Gasteiger partial charge in [-0.3, -0.25) is 29.1 Å². The van der Waals surface area contributed by atoms with E-state index < -0.39 is 17.5 Å². The summed E-state index contributed by atoms with van der Waals surface area (Å²) in [6.45, 7) is 1.66. The molecule has 2 N–H and O–H groups in total. The lowest BCUT2D eigenvalue weighted by Crippen LogP contribution is -2.45. The van der Waals surface area contributed by atoms with E-state index in [0.717, 1.165) is 29.3 Å². The van der Waals surface area contributed by atoms with Crippen molar-refractivity contribution in [3.8, 4) is 0 Å². The van der Waals surface area contributed by atoms with Gasteiger partial charge in [-0.25, -0.2) is 4.98 Å². The summed E-state index contributed by atoms with van der Waals surface area (Å²) in [5, 5.41) is 5.55. The first-order chi connectivity index (χ1) is 16.8. The van der Waals surface area contributed by atoms with Gasteiger partial charge in [-0.1, -0.05) is 46.6 Å². The number of anilines is 1. The van der Waals surface area contributed by atoms with Crippen LogP contribution in [-0.2, 0) is 14.4 Å². The second-order valence-corrected chi connectivity index (χ2v) is 10.0. The van der Waals surface area contributed by atoms with E-state index in [1.54, 1.807) is 25.1 Å². The van der Waals surface area contributed by atoms with Gasteiger partial charge < -0.3 is 5.32 Å². The van der Waals surface area contributed by atoms with E-state index >= 15 is 0 Å². The van der Waals surface area contributed by atoms with Gasteiger partial charge in [0, 0.05) is 10.9 Å². The molecule has 2 fully saturated rings. The molecule has 1 aliphatic carbocycles. The molecule has 0 bridgehead atoms. The normalized spacial score (nSPS) is 19.2. The third kappa shape index (κ3) is 4.29. The number of carbonyl (C=O) groups excluding carboxylic acids is 3. The zero-order valence-corrected chi connectivity index (χ0v) is 20.8. The van der Waals surface area contributed by atoms with Crippen molar-refractivity contribution in [2.24, 2.45) is 5.92 Å². The monoisotopic (exact) mass is 536 g/mol. The number of hydrogen-bond acceptors (Lipinski definition) is 5. The molecule has 3 aromatic rings. The molecule has 2 heterocycles. The number of carbonyl (C=O) groups is 3. The van der Waals surface area contributed by atoms with Crippen molar-refractivity contribution in [1.29, 1.82) is 0 Å². The van der Waals surface area contributed by atoms with Crippen LogP contribution in [0.4, 0.5) is 5.69 Å². The maximum Gasteiger partial charge on any atom is 0.264 e. The Balaban J connectivity index is 1.56. The van der Waals surface area contributed by atoms with Crippen LogP contribution in [0.5, 0.6) is 0 Å². The predicted molar refractivity (Wildman–Crippen MR) is 135 cm³/mol. The van der Waals surface area contributed by atoms with Crippen LogP contribution in [-0.4, -0.2) is 27.3 Å². The van der Waals surface area contributed by atoms with Gasteiger partial charge in [0.25, 0.3) is 5.56 Å². The first-order valence-electron chi connectivity index (χ1n) is 11.8. The fourth-order valence-corrected chi connectivity index (χ4v) is 5.60. The third-order valence-electron chi connectivity index (χ3n) is 7.03. The number of hydrogen-bond donors (Lipinski definition) is 2. The number of aromatic nitrogens is 2. The second-order valence-electron chi connectivity index (χ2n) is 9.18. The van der Waals surface area contributed by atoms with Crippen LogP contribution >= 0.6 is 15.9 Å². The Bertz CT molecular complexity index is 1410. The van der Waals surface area contributed by atoms with Crippen LogP contribution in [0.25, 0.3) is 10.9 Å². The quantitative estimate of drug-likeness (QED) is 0.479. The van der Waals surface area contributed by atoms with Gasteiger partial charge >= 0.3 is 0 Å². The highest BCUT2D eigenvalue weighted by Gasteiger charge is 2.36. The van der Waals surface area contributed by atoms with Crippen molar-refractivity contribution in [1.82, 2.24) is 14.9 Å². The molecule has 2 unspecified atom stereocenters. The maximum absolute atomic E-state index is 13.7. The molecule has 2 atom stereocenters. The van der Waals surface area contributed by atoms with Gasteiger partial charge in [-0.05, 0) is 55.9 Å². The van der Waals surface area contributed by atoms with E-state index in [0.29, 0.717) is 17.0 Å². The third-order valence-corrected chi connectivity index (χ3v) is 7.75. The minimum atomic E-state index is -0.830. The van der Waals surface area contributed by atoms with Crippen LogP contribution in [0, 0.1) is 12.8 Å². The molecule has 5 rings (SSSR count). The Kier molecular flexibility index (Phi) is 6.27. The zero-order chi connectivity index (χ0) is 24.7. The summed E-state index contributed by atoms with van der Waals surface area (Å²) in [6, 6.07) is 12.0. The summed E-state index contributed by atoms with van der Waals surface area (Å²) in [6.07, 6.45) is 3.40. The molecule has 0 radical (unpaired) electrons. The van der Waals surface area contributed by atoms with Gasteiger partial charge in [0.05, 0.1) is 22.5 Å². The van der Waals surface area contributed by atoms with Gasteiger partial charge in [0.15, 0.2) is 0 Å². The lowest BCUT2D eigenvalue weighted by Gasteiger charge is -2.33. The van der Waals surface area contributed by atoms with Crippen molar-refractivity contribution >= 4 is 50.2 Å². The van der Waals surface area contributed by atoms with Crippen LogP contribution in [0.3, 0.4) is 0 Å². The summed E-state index contributed by atoms with van der Waals surface area (Å²) in [5.74, 6) is -0.807. The largest absolute Gasteiger partial charge is 0.325 e. The van der Waals surface area contributed by atoms with Crippen molar-refractivity contribution < 1.29 is 14.4 Å². The SMILES string of the molecule is Cc1nc2cccc(NC(=O)C(c3ccccc3Br)C3CCC3)c2c(=O)n1C1CCC(=O)NC1=O. The number of rotatable bonds is 5. The molecule has 2 aliphatic rings. The number of amides is 3. The first kappa shape index (κ1) is 23.4. The fraction of sp³-hybridized carbons (Fsp3) is 0.346. The van der Waals surface area contributed by atoms with Crippen molar-refractivity contribution in [2.75, 3.05) is 5.32 Å². The average molecular weight is 537 g/mol. The van der Waals surface area contributed by atoms with Crippen molar-refractivity contribution in [3.63, 3.8) is 0 Å². The van der Waals surface area contributed by atoms with E-state index in [1.165, 1.54) is 4.57 Å². The lowest BCUT2D eigenvalue weighted by atomic mass is 9.72. The molecule has 1 saturated heterocycles. The number of nitrogens with one attached hydrogen (secondary N) is 2. The molecule has 1 saturated carbocycles. The van der Waals surface area contributed by atoms with Crippen LogP contribution in [0.2, 0.25) is 0 Å². The van der Waals surface area contributed by atoms with Crippen LogP contribution < -0.4 is 16.2 Å². The lowest BCUT2D eigenvalue weighted by molar-refractivity contribution is -0.135. The highest BCUT2D eigenvalue weighted by Crippen LogP contribution is 2.42. The summed E-state index contributed by atoms with van der Waals surface area (Å²) in [4.78, 5) is 56.0. The Morgan fingerprint density at radius 3 is 2.57 bits per heavy atom. The van der Waals surface area contributed by atoms with E-state index in [9.17, 15) is 19.2 Å². The van der Waals surface area contributed by atoms with Gasteiger partial charge in [-0.2, -0.15) is 0 Å². The Morgan fingerprint density at radius 2 is 1.89 bits per heavy atom. The van der Waals surface area contributed by atoms with Crippen molar-refractivity contribution in [3.05, 3.63) is 68.7 Å². The molecule has 1 aliphatic heterocycles. The number of aryl methyl sites for hydroxylation is 1. The highest BCUT2D eigenvalue weighted by atomic mass is 79.9. The van der Waals surface area contributed by atoms with E-state index in [2.05, 4.69) is 31.5 Å². The number of halogens is 1. The summed E-state index contributed by atoms with van der Waals surface area (Å²) in [7, 11) is 0.